The number of nitrogens with one attached hydrogen (secondary N) is 1. The highest BCUT2D eigenvalue weighted by Crippen LogP contribution is 2.23. The van der Waals surface area contributed by atoms with Gasteiger partial charge in [0.05, 0.1) is 0 Å². The zero-order valence-corrected chi connectivity index (χ0v) is 11.7. The van der Waals surface area contributed by atoms with Gasteiger partial charge in [0, 0.05) is 18.3 Å². The average molecular weight is 256 g/mol. The topological polar surface area (TPSA) is 34.2 Å². The predicted molar refractivity (Wildman–Crippen MR) is 77.6 cm³/mol. The van der Waals surface area contributed by atoms with Crippen LogP contribution in [0.5, 0.6) is 11.6 Å². The van der Waals surface area contributed by atoms with Crippen molar-refractivity contribution in [2.24, 2.45) is 0 Å². The van der Waals surface area contributed by atoms with Gasteiger partial charge < -0.3 is 10.1 Å². The minimum Gasteiger partial charge on any atom is -0.439 e. The van der Waals surface area contributed by atoms with Gasteiger partial charge in [-0.2, -0.15) is 0 Å². The van der Waals surface area contributed by atoms with Gasteiger partial charge in [0.1, 0.15) is 5.75 Å². The highest BCUT2D eigenvalue weighted by Gasteiger charge is 2.04. The Labute approximate surface area is 114 Å². The second-order valence-corrected chi connectivity index (χ2v) is 4.66. The van der Waals surface area contributed by atoms with Crippen molar-refractivity contribution in [3.8, 4) is 11.6 Å². The largest absolute Gasteiger partial charge is 0.439 e. The first kappa shape index (κ1) is 13.6. The van der Waals surface area contributed by atoms with Crippen LogP contribution in [-0.2, 0) is 6.54 Å². The molecule has 0 aliphatic carbocycles. The summed E-state index contributed by atoms with van der Waals surface area (Å²) in [6, 6.07) is 10.1. The van der Waals surface area contributed by atoms with E-state index in [2.05, 4.69) is 30.2 Å². The molecule has 0 amide bonds. The van der Waals surface area contributed by atoms with Gasteiger partial charge in [0.2, 0.25) is 5.88 Å². The molecule has 1 heterocycles. The maximum atomic E-state index is 5.79. The molecular formula is C16H20N2O. The molecule has 0 saturated heterocycles. The van der Waals surface area contributed by atoms with Gasteiger partial charge in [-0.25, -0.2) is 4.98 Å². The quantitative estimate of drug-likeness (QED) is 0.887. The fourth-order valence-electron chi connectivity index (χ4n) is 1.81. The molecule has 0 radical (unpaired) electrons. The summed E-state index contributed by atoms with van der Waals surface area (Å²) in [6.07, 6.45) is 1.86. The lowest BCUT2D eigenvalue weighted by atomic mass is 10.2. The van der Waals surface area contributed by atoms with Crippen molar-refractivity contribution in [1.29, 1.82) is 0 Å². The van der Waals surface area contributed by atoms with E-state index >= 15 is 0 Å². The Hall–Kier alpha value is -1.87. The van der Waals surface area contributed by atoms with E-state index in [4.69, 9.17) is 4.74 Å². The molecule has 0 spiro atoms. The van der Waals surface area contributed by atoms with Crippen molar-refractivity contribution in [3.63, 3.8) is 0 Å². The number of aryl methyl sites for hydroxylation is 2. The molecule has 0 aliphatic heterocycles. The first-order chi connectivity index (χ1) is 9.19. The van der Waals surface area contributed by atoms with E-state index in [1.54, 1.807) is 0 Å². The summed E-state index contributed by atoms with van der Waals surface area (Å²) in [4.78, 5) is 4.39. The van der Waals surface area contributed by atoms with E-state index < -0.39 is 0 Å². The van der Waals surface area contributed by atoms with Gasteiger partial charge in [-0.1, -0.05) is 24.6 Å². The second kappa shape index (κ2) is 6.34. The summed E-state index contributed by atoms with van der Waals surface area (Å²) in [5.74, 6) is 1.49. The normalized spacial score (nSPS) is 10.5. The van der Waals surface area contributed by atoms with Gasteiger partial charge in [0.15, 0.2) is 0 Å². The molecule has 0 atom stereocenters. The van der Waals surface area contributed by atoms with Crippen molar-refractivity contribution in [3.05, 3.63) is 53.2 Å². The van der Waals surface area contributed by atoms with Gasteiger partial charge in [-0.05, 0) is 44.2 Å². The third-order valence-electron chi connectivity index (χ3n) is 2.90. The Morgan fingerprint density at radius 2 is 1.89 bits per heavy atom. The Bertz CT molecular complexity index is 535. The standard InChI is InChI=1S/C16H20N2O/c1-4-17-10-14-9-13(3)16(18-11-14)19-15-7-5-12(2)6-8-15/h5-9,11,17H,4,10H2,1-3H3. The smallest absolute Gasteiger partial charge is 0.222 e. The first-order valence-corrected chi connectivity index (χ1v) is 6.60. The fourth-order valence-corrected chi connectivity index (χ4v) is 1.81. The Kier molecular flexibility index (Phi) is 4.53. The number of pyridine rings is 1. The maximum absolute atomic E-state index is 5.79. The predicted octanol–water partition coefficient (Wildman–Crippen LogP) is 3.60. The number of rotatable bonds is 5. The Morgan fingerprint density at radius 1 is 1.16 bits per heavy atom. The Balaban J connectivity index is 2.10. The molecular weight excluding hydrogens is 236 g/mol. The minimum absolute atomic E-state index is 0.670. The molecule has 0 aliphatic rings. The SMILES string of the molecule is CCNCc1cnc(Oc2ccc(C)cc2)c(C)c1. The van der Waals surface area contributed by atoms with Gasteiger partial charge in [-0.3, -0.25) is 0 Å². The molecule has 1 aromatic heterocycles. The van der Waals surface area contributed by atoms with E-state index in [9.17, 15) is 0 Å². The molecule has 1 aromatic carbocycles. The van der Waals surface area contributed by atoms with Crippen LogP contribution in [0.1, 0.15) is 23.6 Å². The van der Waals surface area contributed by atoms with Crippen molar-refractivity contribution in [2.75, 3.05) is 6.54 Å². The molecule has 1 N–H and O–H groups in total. The van der Waals surface area contributed by atoms with E-state index in [1.165, 1.54) is 11.1 Å². The van der Waals surface area contributed by atoms with Crippen LogP contribution in [0, 0.1) is 13.8 Å². The summed E-state index contributed by atoms with van der Waals surface area (Å²) in [5, 5.41) is 3.29. The summed E-state index contributed by atoms with van der Waals surface area (Å²) in [7, 11) is 0. The lowest BCUT2D eigenvalue weighted by Gasteiger charge is -2.09. The molecule has 0 unspecified atom stereocenters. The van der Waals surface area contributed by atoms with Crippen LogP contribution in [0.4, 0.5) is 0 Å². The maximum Gasteiger partial charge on any atom is 0.222 e. The molecule has 100 valence electrons. The van der Waals surface area contributed by atoms with E-state index in [1.807, 2.05) is 37.4 Å². The van der Waals surface area contributed by atoms with Crippen molar-refractivity contribution < 1.29 is 4.74 Å². The monoisotopic (exact) mass is 256 g/mol. The number of benzene rings is 1. The molecule has 3 heteroatoms. The van der Waals surface area contributed by atoms with Crippen molar-refractivity contribution in [1.82, 2.24) is 10.3 Å². The zero-order chi connectivity index (χ0) is 13.7. The molecule has 2 rings (SSSR count). The zero-order valence-electron chi connectivity index (χ0n) is 11.7. The van der Waals surface area contributed by atoms with Crippen LogP contribution in [0.2, 0.25) is 0 Å². The number of hydrogen-bond acceptors (Lipinski definition) is 3. The summed E-state index contributed by atoms with van der Waals surface area (Å²) < 4.78 is 5.79. The lowest BCUT2D eigenvalue weighted by molar-refractivity contribution is 0.458. The Morgan fingerprint density at radius 3 is 2.53 bits per heavy atom. The van der Waals surface area contributed by atoms with Crippen LogP contribution in [0.3, 0.4) is 0 Å². The van der Waals surface area contributed by atoms with Gasteiger partial charge >= 0.3 is 0 Å². The molecule has 0 saturated carbocycles. The number of aromatic nitrogens is 1. The van der Waals surface area contributed by atoms with Crippen LogP contribution < -0.4 is 10.1 Å². The highest BCUT2D eigenvalue weighted by molar-refractivity contribution is 5.34. The van der Waals surface area contributed by atoms with Crippen LogP contribution in [-0.4, -0.2) is 11.5 Å². The van der Waals surface area contributed by atoms with Crippen LogP contribution in [0.25, 0.3) is 0 Å². The van der Waals surface area contributed by atoms with Gasteiger partial charge in [-0.15, -0.1) is 0 Å². The molecule has 19 heavy (non-hydrogen) atoms. The molecule has 0 bridgehead atoms. The second-order valence-electron chi connectivity index (χ2n) is 4.66. The number of nitrogens with zero attached hydrogens (tertiary/aromatic N) is 1. The highest BCUT2D eigenvalue weighted by atomic mass is 16.5. The van der Waals surface area contributed by atoms with Crippen LogP contribution >= 0.6 is 0 Å². The number of hydrogen-bond donors (Lipinski definition) is 1. The molecule has 0 fully saturated rings. The minimum atomic E-state index is 0.670. The van der Waals surface area contributed by atoms with Gasteiger partial charge in [0.25, 0.3) is 0 Å². The van der Waals surface area contributed by atoms with E-state index in [0.29, 0.717) is 5.88 Å². The van der Waals surface area contributed by atoms with Crippen molar-refractivity contribution in [2.45, 2.75) is 27.3 Å². The fraction of sp³-hybridized carbons (Fsp3) is 0.312. The summed E-state index contributed by atoms with van der Waals surface area (Å²) >= 11 is 0. The average Bonchev–Trinajstić information content (AvgIpc) is 2.41. The van der Waals surface area contributed by atoms with Crippen LogP contribution in [0.15, 0.2) is 36.5 Å². The third-order valence-corrected chi connectivity index (χ3v) is 2.90. The first-order valence-electron chi connectivity index (χ1n) is 6.60. The summed E-state index contributed by atoms with van der Waals surface area (Å²) in [6.45, 7) is 7.97. The third kappa shape index (κ3) is 3.80. The number of ether oxygens (including phenoxy) is 1. The van der Waals surface area contributed by atoms with Crippen molar-refractivity contribution >= 4 is 0 Å². The van der Waals surface area contributed by atoms with E-state index in [-0.39, 0.29) is 0 Å². The van der Waals surface area contributed by atoms with E-state index in [0.717, 1.165) is 24.4 Å². The molecule has 3 nitrogen and oxygen atoms in total. The molecule has 2 aromatic rings. The lowest BCUT2D eigenvalue weighted by Crippen LogP contribution is -2.12. The summed E-state index contributed by atoms with van der Waals surface area (Å²) in [5.41, 5.74) is 3.45.